The Bertz CT molecular complexity index is 1150. The average Bonchev–Trinajstić information content (AvgIpc) is 2.73. The van der Waals surface area contributed by atoms with E-state index in [9.17, 15) is 9.59 Å². The van der Waals surface area contributed by atoms with Crippen molar-refractivity contribution in [2.24, 2.45) is 5.92 Å². The summed E-state index contributed by atoms with van der Waals surface area (Å²) in [6.45, 7) is 4.52. The number of hydrogen-bond donors (Lipinski definition) is 0. The number of carbonyl (C=O) groups excluding carboxylic acids is 1. The van der Waals surface area contributed by atoms with Crippen molar-refractivity contribution in [1.29, 1.82) is 0 Å². The van der Waals surface area contributed by atoms with Crippen molar-refractivity contribution < 1.29 is 14.3 Å². The van der Waals surface area contributed by atoms with E-state index in [1.807, 2.05) is 19.9 Å². The second kappa shape index (κ2) is 8.79. The van der Waals surface area contributed by atoms with Crippen LogP contribution in [0.3, 0.4) is 0 Å². The van der Waals surface area contributed by atoms with Gasteiger partial charge in [-0.3, -0.25) is 9.59 Å². The van der Waals surface area contributed by atoms with Crippen molar-refractivity contribution in [3.05, 3.63) is 63.5 Å². The number of rotatable bonds is 6. The molecule has 1 aromatic heterocycles. The van der Waals surface area contributed by atoms with Crippen LogP contribution in [0.2, 0.25) is 5.02 Å². The number of pyridine rings is 1. The Balaban J connectivity index is 2.28. The van der Waals surface area contributed by atoms with Crippen LogP contribution in [0.4, 0.5) is 5.69 Å². The van der Waals surface area contributed by atoms with Crippen molar-refractivity contribution in [2.75, 3.05) is 26.2 Å². The normalized spacial score (nSPS) is 11.0. The maximum Gasteiger partial charge on any atom is 0.260 e. The summed E-state index contributed by atoms with van der Waals surface area (Å²) < 4.78 is 12.3. The number of benzene rings is 2. The predicted octanol–water partition coefficient (Wildman–Crippen LogP) is 4.60. The van der Waals surface area contributed by atoms with Crippen molar-refractivity contribution in [3.63, 3.8) is 0 Å². The van der Waals surface area contributed by atoms with E-state index in [1.165, 1.54) is 19.1 Å². The Hall–Kier alpha value is -2.99. The van der Waals surface area contributed by atoms with Gasteiger partial charge in [0.1, 0.15) is 0 Å². The first-order chi connectivity index (χ1) is 14.3. The number of amides is 1. The number of aromatic nitrogens is 1. The molecule has 30 heavy (non-hydrogen) atoms. The molecule has 6 nitrogen and oxygen atoms in total. The van der Waals surface area contributed by atoms with Crippen molar-refractivity contribution in [1.82, 2.24) is 4.57 Å². The number of para-hydroxylation sites is 1. The molecule has 2 aromatic carbocycles. The van der Waals surface area contributed by atoms with Crippen molar-refractivity contribution in [2.45, 2.75) is 20.4 Å². The fourth-order valence-corrected chi connectivity index (χ4v) is 3.69. The van der Waals surface area contributed by atoms with Crippen LogP contribution < -0.4 is 19.9 Å². The first-order valence-electron chi connectivity index (χ1n) is 9.60. The van der Waals surface area contributed by atoms with Gasteiger partial charge in [-0.2, -0.15) is 0 Å². The molecule has 0 aliphatic heterocycles. The van der Waals surface area contributed by atoms with Crippen molar-refractivity contribution in [3.8, 4) is 11.5 Å². The minimum absolute atomic E-state index is 0.184. The fraction of sp³-hybridized carbons (Fsp3) is 0.304. The summed E-state index contributed by atoms with van der Waals surface area (Å²) in [6.07, 6.45) is 1.62. The van der Waals surface area contributed by atoms with E-state index in [-0.39, 0.29) is 17.4 Å². The highest BCUT2D eigenvalue weighted by Crippen LogP contribution is 2.33. The highest BCUT2D eigenvalue weighted by Gasteiger charge is 2.22. The van der Waals surface area contributed by atoms with E-state index >= 15 is 0 Å². The lowest BCUT2D eigenvalue weighted by atomic mass is 10.0. The monoisotopic (exact) mass is 428 g/mol. The SMILES string of the molecule is COc1cc2c(C(=O)N(C)c3ccccc3Cl)cn(CC(C)C)c(=O)c2cc1OC. The third-order valence-corrected chi connectivity index (χ3v) is 5.22. The molecule has 0 saturated heterocycles. The zero-order chi connectivity index (χ0) is 22.0. The van der Waals surface area contributed by atoms with Crippen LogP contribution in [-0.2, 0) is 6.54 Å². The zero-order valence-corrected chi connectivity index (χ0v) is 18.5. The maximum atomic E-state index is 13.5. The molecule has 1 amide bonds. The van der Waals surface area contributed by atoms with Gasteiger partial charge in [0, 0.05) is 25.2 Å². The van der Waals surface area contributed by atoms with Gasteiger partial charge in [-0.15, -0.1) is 0 Å². The van der Waals surface area contributed by atoms with Gasteiger partial charge in [0.25, 0.3) is 11.5 Å². The number of halogens is 1. The van der Waals surface area contributed by atoms with Crippen LogP contribution in [0.15, 0.2) is 47.4 Å². The molecular formula is C23H25ClN2O4. The Morgan fingerprint density at radius 1 is 1.10 bits per heavy atom. The number of hydrogen-bond acceptors (Lipinski definition) is 4. The molecule has 3 aromatic rings. The fourth-order valence-electron chi connectivity index (χ4n) is 3.43. The number of nitrogens with zero attached hydrogens (tertiary/aromatic N) is 2. The largest absolute Gasteiger partial charge is 0.493 e. The molecular weight excluding hydrogens is 404 g/mol. The smallest absolute Gasteiger partial charge is 0.260 e. The van der Waals surface area contributed by atoms with Crippen LogP contribution in [0.25, 0.3) is 10.8 Å². The van der Waals surface area contributed by atoms with Gasteiger partial charge < -0.3 is 18.9 Å². The molecule has 0 saturated carbocycles. The Morgan fingerprint density at radius 3 is 2.27 bits per heavy atom. The van der Waals surface area contributed by atoms with Gasteiger partial charge in [-0.1, -0.05) is 37.6 Å². The van der Waals surface area contributed by atoms with Crippen LogP contribution in [0.5, 0.6) is 11.5 Å². The highest BCUT2D eigenvalue weighted by molar-refractivity contribution is 6.34. The molecule has 3 rings (SSSR count). The van der Waals surface area contributed by atoms with E-state index in [1.54, 1.807) is 48.1 Å². The molecule has 0 bridgehead atoms. The summed E-state index contributed by atoms with van der Waals surface area (Å²) in [5.41, 5.74) is 0.782. The second-order valence-electron chi connectivity index (χ2n) is 7.46. The molecule has 158 valence electrons. The molecule has 0 atom stereocenters. The number of ether oxygens (including phenoxy) is 2. The third kappa shape index (κ3) is 4.00. The first-order valence-corrected chi connectivity index (χ1v) is 9.98. The lowest BCUT2D eigenvalue weighted by molar-refractivity contribution is 0.0993. The van der Waals surface area contributed by atoms with Gasteiger partial charge in [0.05, 0.1) is 35.9 Å². The maximum absolute atomic E-state index is 13.5. The Labute approximate surface area is 180 Å². The summed E-state index contributed by atoms with van der Waals surface area (Å²) in [5.74, 6) is 0.824. The molecule has 0 aliphatic carbocycles. The summed E-state index contributed by atoms with van der Waals surface area (Å²) in [7, 11) is 4.69. The van der Waals surface area contributed by atoms with E-state index in [4.69, 9.17) is 21.1 Å². The second-order valence-corrected chi connectivity index (χ2v) is 7.87. The number of fused-ring (bicyclic) bond motifs is 1. The highest BCUT2D eigenvalue weighted by atomic mass is 35.5. The Kier molecular flexibility index (Phi) is 6.37. The van der Waals surface area contributed by atoms with Crippen LogP contribution >= 0.6 is 11.6 Å². The minimum atomic E-state index is -0.280. The van der Waals surface area contributed by atoms with Gasteiger partial charge in [0.2, 0.25) is 0 Å². The van der Waals surface area contributed by atoms with Gasteiger partial charge >= 0.3 is 0 Å². The molecule has 0 fully saturated rings. The summed E-state index contributed by atoms with van der Waals surface area (Å²) in [4.78, 5) is 28.1. The third-order valence-electron chi connectivity index (χ3n) is 4.90. The number of carbonyl (C=O) groups is 1. The van der Waals surface area contributed by atoms with E-state index in [0.717, 1.165) is 0 Å². The summed E-state index contributed by atoms with van der Waals surface area (Å²) in [5, 5.41) is 1.36. The number of methoxy groups -OCH3 is 2. The standard InChI is InChI=1S/C23H25ClN2O4/c1-14(2)12-26-13-17(22(27)25(3)19-9-7-6-8-18(19)24)15-10-20(29-4)21(30-5)11-16(15)23(26)28/h6-11,13-14H,12H2,1-5H3. The topological polar surface area (TPSA) is 60.8 Å². The number of anilines is 1. The first kappa shape index (κ1) is 21.7. The Morgan fingerprint density at radius 2 is 1.70 bits per heavy atom. The van der Waals surface area contributed by atoms with Gasteiger partial charge in [0.15, 0.2) is 11.5 Å². The predicted molar refractivity (Wildman–Crippen MR) is 120 cm³/mol. The molecule has 7 heteroatoms. The molecule has 1 heterocycles. The van der Waals surface area contributed by atoms with Gasteiger partial charge in [-0.25, -0.2) is 0 Å². The molecule has 0 radical (unpaired) electrons. The summed E-state index contributed by atoms with van der Waals surface area (Å²) in [6, 6.07) is 10.4. The molecule has 0 aliphatic rings. The molecule has 0 unspecified atom stereocenters. The van der Waals surface area contributed by atoms with E-state index < -0.39 is 0 Å². The van der Waals surface area contributed by atoms with E-state index in [0.29, 0.717) is 45.1 Å². The molecule has 0 N–H and O–H groups in total. The zero-order valence-electron chi connectivity index (χ0n) is 17.7. The van der Waals surface area contributed by atoms with Crippen LogP contribution in [0.1, 0.15) is 24.2 Å². The lowest BCUT2D eigenvalue weighted by Gasteiger charge is -2.21. The van der Waals surface area contributed by atoms with Crippen molar-refractivity contribution >= 4 is 34.0 Å². The van der Waals surface area contributed by atoms with Crippen LogP contribution in [0, 0.1) is 5.92 Å². The lowest BCUT2D eigenvalue weighted by Crippen LogP contribution is -2.30. The minimum Gasteiger partial charge on any atom is -0.493 e. The molecule has 0 spiro atoms. The van der Waals surface area contributed by atoms with Crippen LogP contribution in [-0.4, -0.2) is 31.7 Å². The quantitative estimate of drug-likeness (QED) is 0.575. The van der Waals surface area contributed by atoms with E-state index in [2.05, 4.69) is 0 Å². The van der Waals surface area contributed by atoms with Gasteiger partial charge in [-0.05, 0) is 30.2 Å². The summed E-state index contributed by atoms with van der Waals surface area (Å²) >= 11 is 6.30. The average molecular weight is 429 g/mol.